The van der Waals surface area contributed by atoms with Crippen molar-refractivity contribution < 1.29 is 27.4 Å². The summed E-state index contributed by atoms with van der Waals surface area (Å²) in [5.74, 6) is -1.45. The van der Waals surface area contributed by atoms with Crippen LogP contribution in [0.3, 0.4) is 0 Å². The third-order valence-electron chi connectivity index (χ3n) is 6.77. The molecule has 1 aromatic heterocycles. The summed E-state index contributed by atoms with van der Waals surface area (Å²) < 4.78 is 47.9. The Bertz CT molecular complexity index is 1450. The van der Waals surface area contributed by atoms with Crippen LogP contribution >= 0.6 is 0 Å². The number of rotatable bonds is 8. The number of pyridine rings is 1. The molecule has 4 rings (SSSR count). The molecule has 0 saturated carbocycles. The monoisotopic (exact) mass is 553 g/mol. The zero-order valence-electron chi connectivity index (χ0n) is 22.1. The Morgan fingerprint density at radius 3 is 2.51 bits per heavy atom. The maximum absolute atomic E-state index is 14.3. The van der Waals surface area contributed by atoms with Crippen molar-refractivity contribution in [3.63, 3.8) is 0 Å². The number of carbonyl (C=O) groups excluding carboxylic acids is 1. The van der Waals surface area contributed by atoms with Crippen molar-refractivity contribution in [1.29, 1.82) is 0 Å². The molecule has 1 N–H and O–H groups in total. The van der Waals surface area contributed by atoms with Crippen molar-refractivity contribution in [2.75, 3.05) is 26.7 Å². The Morgan fingerprint density at radius 2 is 1.82 bits per heavy atom. The van der Waals surface area contributed by atoms with Crippen LogP contribution in [0.2, 0.25) is 0 Å². The first-order valence-electron chi connectivity index (χ1n) is 12.6. The molecular formula is C29H32FN3O5S. The van der Waals surface area contributed by atoms with E-state index in [2.05, 4.69) is 4.98 Å². The Labute approximate surface area is 228 Å². The van der Waals surface area contributed by atoms with E-state index in [4.69, 9.17) is 4.74 Å². The SMILES string of the molecule is C[C@@H]1CN([C@H](C)CO)C(=O)c2cc(/C=C/c3ccccc3)cnc2O[C@H]1CN(C)S(=O)(=O)c1ccccc1F. The van der Waals surface area contributed by atoms with Gasteiger partial charge in [-0.15, -0.1) is 0 Å². The van der Waals surface area contributed by atoms with Crippen LogP contribution in [0.5, 0.6) is 5.88 Å². The van der Waals surface area contributed by atoms with Gasteiger partial charge in [-0.25, -0.2) is 17.8 Å². The second kappa shape index (κ2) is 12.1. The fourth-order valence-corrected chi connectivity index (χ4v) is 5.60. The Morgan fingerprint density at radius 1 is 1.15 bits per heavy atom. The van der Waals surface area contributed by atoms with Crippen molar-refractivity contribution in [3.8, 4) is 5.88 Å². The van der Waals surface area contributed by atoms with Gasteiger partial charge in [0.05, 0.1) is 19.2 Å². The lowest BCUT2D eigenvalue weighted by Crippen LogP contribution is -2.50. The second-order valence-electron chi connectivity index (χ2n) is 9.70. The summed E-state index contributed by atoms with van der Waals surface area (Å²) in [4.78, 5) is 19.1. The first-order chi connectivity index (χ1) is 18.6. The molecular weight excluding hydrogens is 521 g/mol. The molecule has 0 bridgehead atoms. The van der Waals surface area contributed by atoms with E-state index in [0.717, 1.165) is 15.9 Å². The zero-order chi connectivity index (χ0) is 28.2. The van der Waals surface area contributed by atoms with E-state index in [1.165, 1.54) is 25.2 Å². The van der Waals surface area contributed by atoms with Gasteiger partial charge in [0.1, 0.15) is 22.4 Å². The molecule has 0 fully saturated rings. The summed E-state index contributed by atoms with van der Waals surface area (Å²) in [6.07, 6.45) is 4.60. The number of fused-ring (bicyclic) bond motifs is 1. The van der Waals surface area contributed by atoms with Crippen LogP contribution in [0, 0.1) is 11.7 Å². The molecule has 0 spiro atoms. The van der Waals surface area contributed by atoms with Gasteiger partial charge in [0.2, 0.25) is 15.9 Å². The fraction of sp³-hybridized carbons (Fsp3) is 0.310. The minimum Gasteiger partial charge on any atom is -0.472 e. The van der Waals surface area contributed by atoms with Gasteiger partial charge in [-0.2, -0.15) is 4.31 Å². The molecule has 1 aliphatic rings. The highest BCUT2D eigenvalue weighted by Gasteiger charge is 2.36. The van der Waals surface area contributed by atoms with E-state index in [9.17, 15) is 22.7 Å². The van der Waals surface area contributed by atoms with Crippen LogP contribution in [0.4, 0.5) is 4.39 Å². The molecule has 0 saturated heterocycles. The molecule has 1 aliphatic heterocycles. The van der Waals surface area contributed by atoms with Crippen molar-refractivity contribution in [2.24, 2.45) is 5.92 Å². The summed E-state index contributed by atoms with van der Waals surface area (Å²) in [6.45, 7) is 3.43. The average Bonchev–Trinajstić information content (AvgIpc) is 2.94. The molecule has 1 amide bonds. The number of benzene rings is 2. The smallest absolute Gasteiger partial charge is 0.259 e. The van der Waals surface area contributed by atoms with E-state index >= 15 is 0 Å². The number of aliphatic hydroxyl groups excluding tert-OH is 1. The van der Waals surface area contributed by atoms with Gasteiger partial charge >= 0.3 is 0 Å². The number of sulfonamides is 1. The van der Waals surface area contributed by atoms with Gasteiger partial charge in [-0.1, -0.05) is 61.5 Å². The van der Waals surface area contributed by atoms with Crippen molar-refractivity contribution in [2.45, 2.75) is 30.9 Å². The molecule has 39 heavy (non-hydrogen) atoms. The van der Waals surface area contributed by atoms with Gasteiger partial charge in [-0.3, -0.25) is 4.79 Å². The summed E-state index contributed by atoms with van der Waals surface area (Å²) in [7, 11) is -2.79. The number of aliphatic hydroxyl groups is 1. The first kappa shape index (κ1) is 28.4. The fourth-order valence-electron chi connectivity index (χ4n) is 4.36. The number of halogens is 1. The molecule has 0 aliphatic carbocycles. The molecule has 206 valence electrons. The minimum atomic E-state index is -4.15. The van der Waals surface area contributed by atoms with Gasteiger partial charge in [0.15, 0.2) is 0 Å². The highest BCUT2D eigenvalue weighted by Crippen LogP contribution is 2.29. The normalized spacial score (nSPS) is 18.9. The number of likely N-dealkylation sites (N-methyl/N-ethyl adjacent to an activating group) is 1. The molecule has 2 heterocycles. The summed E-state index contributed by atoms with van der Waals surface area (Å²) in [5.41, 5.74) is 1.87. The van der Waals surface area contributed by atoms with Crippen LogP contribution in [0.25, 0.3) is 12.2 Å². The number of carbonyl (C=O) groups is 1. The van der Waals surface area contributed by atoms with E-state index in [1.54, 1.807) is 24.1 Å². The van der Waals surface area contributed by atoms with Gasteiger partial charge in [-0.05, 0) is 36.2 Å². The standard InChI is InChI=1S/C29H32FN3O5S/c1-20-17-33(21(2)19-34)29(35)24-15-23(14-13-22-9-5-4-6-10-22)16-31-28(24)38-26(20)18-32(3)39(36,37)27-12-8-7-11-25(27)30/h4-16,20-21,26,34H,17-19H2,1-3H3/b14-13+/t20-,21-,26+/m1/s1. The summed E-state index contributed by atoms with van der Waals surface area (Å²) >= 11 is 0. The van der Waals surface area contributed by atoms with E-state index < -0.39 is 32.9 Å². The lowest BCUT2D eigenvalue weighted by atomic mass is 10.00. The Kier molecular flexibility index (Phi) is 8.79. The number of ether oxygens (including phenoxy) is 1. The van der Waals surface area contributed by atoms with E-state index in [1.807, 2.05) is 49.4 Å². The third kappa shape index (κ3) is 6.35. The number of hydrogen-bond acceptors (Lipinski definition) is 6. The summed E-state index contributed by atoms with van der Waals surface area (Å²) in [5, 5.41) is 9.86. The molecule has 3 atom stereocenters. The molecule has 8 nitrogen and oxygen atoms in total. The highest BCUT2D eigenvalue weighted by atomic mass is 32.2. The van der Waals surface area contributed by atoms with E-state index in [0.29, 0.717) is 5.56 Å². The topological polar surface area (TPSA) is 100 Å². The van der Waals surface area contributed by atoms with Crippen molar-refractivity contribution in [3.05, 3.63) is 89.4 Å². The van der Waals surface area contributed by atoms with Crippen LogP contribution in [-0.4, -0.2) is 72.5 Å². The second-order valence-corrected chi connectivity index (χ2v) is 11.7. The number of nitrogens with zero attached hydrogens (tertiary/aromatic N) is 3. The van der Waals surface area contributed by atoms with Crippen LogP contribution < -0.4 is 4.74 Å². The van der Waals surface area contributed by atoms with Crippen LogP contribution in [0.15, 0.2) is 71.8 Å². The maximum Gasteiger partial charge on any atom is 0.259 e. The number of amides is 1. The predicted octanol–water partition coefficient (Wildman–Crippen LogP) is 3.93. The minimum absolute atomic E-state index is 0.0697. The van der Waals surface area contributed by atoms with Crippen molar-refractivity contribution >= 4 is 28.1 Å². The average molecular weight is 554 g/mol. The number of hydrogen-bond donors (Lipinski definition) is 1. The largest absolute Gasteiger partial charge is 0.472 e. The number of aromatic nitrogens is 1. The molecule has 0 unspecified atom stereocenters. The highest BCUT2D eigenvalue weighted by molar-refractivity contribution is 7.89. The summed E-state index contributed by atoms with van der Waals surface area (Å²) in [6, 6.07) is 16.1. The third-order valence-corrected chi connectivity index (χ3v) is 8.63. The van der Waals surface area contributed by atoms with Crippen molar-refractivity contribution in [1.82, 2.24) is 14.2 Å². The zero-order valence-corrected chi connectivity index (χ0v) is 22.9. The van der Waals surface area contributed by atoms with Crippen LogP contribution in [0.1, 0.15) is 35.3 Å². The maximum atomic E-state index is 14.3. The Balaban J connectivity index is 1.68. The first-order valence-corrected chi connectivity index (χ1v) is 14.1. The van der Waals surface area contributed by atoms with Gasteiger partial charge in [0.25, 0.3) is 5.91 Å². The lowest BCUT2D eigenvalue weighted by molar-refractivity contribution is 0.0373. The molecule has 10 heteroatoms. The van der Waals surface area contributed by atoms with Crippen LogP contribution in [-0.2, 0) is 10.0 Å². The van der Waals surface area contributed by atoms with Gasteiger partial charge < -0.3 is 14.7 Å². The van der Waals surface area contributed by atoms with E-state index in [-0.39, 0.29) is 43.0 Å². The predicted molar refractivity (Wildman–Crippen MR) is 147 cm³/mol. The molecule has 3 aromatic rings. The quantitative estimate of drug-likeness (QED) is 0.454. The lowest BCUT2D eigenvalue weighted by Gasteiger charge is -2.37. The Hall–Kier alpha value is -3.60. The molecule has 0 radical (unpaired) electrons. The molecule has 2 aromatic carbocycles. The van der Waals surface area contributed by atoms with Gasteiger partial charge in [0, 0.05) is 25.7 Å².